The van der Waals surface area contributed by atoms with Crippen molar-refractivity contribution in [1.82, 2.24) is 14.7 Å². The van der Waals surface area contributed by atoms with Crippen molar-refractivity contribution in [1.29, 1.82) is 0 Å². The molecule has 0 aliphatic carbocycles. The molecule has 2 N–H and O–H groups in total. The number of morpholine rings is 1. The SMILES string of the molecule is Cl.O.c1ccc(CN2CC3CCCC(C2)N3CCN2CCOCC2)cc1. The largest absolute Gasteiger partial charge is 0.412 e. The van der Waals surface area contributed by atoms with E-state index in [0.29, 0.717) is 0 Å². The summed E-state index contributed by atoms with van der Waals surface area (Å²) in [5, 5.41) is 0. The van der Waals surface area contributed by atoms with Gasteiger partial charge in [-0.05, 0) is 18.4 Å². The summed E-state index contributed by atoms with van der Waals surface area (Å²) in [6, 6.07) is 12.5. The normalized spacial score (nSPS) is 27.4. The molecule has 3 heterocycles. The summed E-state index contributed by atoms with van der Waals surface area (Å²) in [6.07, 6.45) is 4.18. The number of piperazine rings is 1. The van der Waals surface area contributed by atoms with E-state index in [1.807, 2.05) is 0 Å². The molecule has 2 atom stereocenters. The number of hydrogen-bond acceptors (Lipinski definition) is 4. The van der Waals surface area contributed by atoms with E-state index in [4.69, 9.17) is 4.74 Å². The number of hydrogen-bond donors (Lipinski definition) is 0. The van der Waals surface area contributed by atoms with Crippen LogP contribution in [0.1, 0.15) is 24.8 Å². The lowest BCUT2D eigenvalue weighted by Gasteiger charge is -2.50. The smallest absolute Gasteiger partial charge is 0.0594 e. The molecule has 3 fully saturated rings. The summed E-state index contributed by atoms with van der Waals surface area (Å²) in [4.78, 5) is 8.10. The molecule has 3 aliphatic rings. The monoisotopic (exact) mass is 383 g/mol. The molecule has 0 aromatic heterocycles. The number of benzene rings is 1. The maximum absolute atomic E-state index is 5.47. The number of fused-ring (bicyclic) bond motifs is 2. The van der Waals surface area contributed by atoms with Crippen LogP contribution in [0.25, 0.3) is 0 Å². The van der Waals surface area contributed by atoms with Gasteiger partial charge in [0.05, 0.1) is 13.2 Å². The fourth-order valence-electron chi connectivity index (χ4n) is 4.70. The van der Waals surface area contributed by atoms with Gasteiger partial charge in [-0.15, -0.1) is 12.4 Å². The Morgan fingerprint density at radius 1 is 0.885 bits per heavy atom. The first-order valence-electron chi connectivity index (χ1n) is 9.70. The van der Waals surface area contributed by atoms with Crippen LogP contribution >= 0.6 is 12.4 Å². The second kappa shape index (κ2) is 10.6. The van der Waals surface area contributed by atoms with Crippen molar-refractivity contribution in [3.63, 3.8) is 0 Å². The molecular formula is C20H34ClN3O2. The average molecular weight is 384 g/mol. The van der Waals surface area contributed by atoms with E-state index in [0.717, 1.165) is 44.9 Å². The third-order valence-electron chi connectivity index (χ3n) is 5.98. The van der Waals surface area contributed by atoms with E-state index in [1.165, 1.54) is 51.0 Å². The van der Waals surface area contributed by atoms with Crippen LogP contribution in [0.4, 0.5) is 0 Å². The van der Waals surface area contributed by atoms with Crippen LogP contribution in [-0.2, 0) is 11.3 Å². The lowest BCUT2D eigenvalue weighted by Crippen LogP contribution is -2.61. The average Bonchev–Trinajstić information content (AvgIpc) is 2.61. The predicted octanol–water partition coefficient (Wildman–Crippen LogP) is 1.65. The molecule has 0 saturated carbocycles. The molecule has 148 valence electrons. The first-order chi connectivity index (χ1) is 11.9. The summed E-state index contributed by atoms with van der Waals surface area (Å²) in [6.45, 7) is 10.1. The van der Waals surface area contributed by atoms with Crippen molar-refractivity contribution < 1.29 is 10.2 Å². The van der Waals surface area contributed by atoms with E-state index in [2.05, 4.69) is 45.0 Å². The molecule has 5 nitrogen and oxygen atoms in total. The quantitative estimate of drug-likeness (QED) is 0.775. The minimum Gasteiger partial charge on any atom is -0.412 e. The van der Waals surface area contributed by atoms with Crippen LogP contribution in [0.2, 0.25) is 0 Å². The zero-order valence-electron chi connectivity index (χ0n) is 15.7. The first-order valence-corrected chi connectivity index (χ1v) is 9.70. The van der Waals surface area contributed by atoms with Crippen LogP contribution in [0.3, 0.4) is 0 Å². The molecule has 4 rings (SSSR count). The summed E-state index contributed by atoms with van der Waals surface area (Å²) in [7, 11) is 0. The molecule has 1 aromatic carbocycles. The molecule has 3 aliphatic heterocycles. The third-order valence-corrected chi connectivity index (χ3v) is 5.98. The van der Waals surface area contributed by atoms with Crippen LogP contribution in [0, 0.1) is 0 Å². The second-order valence-electron chi connectivity index (χ2n) is 7.61. The molecule has 1 aromatic rings. The minimum absolute atomic E-state index is 0. The zero-order chi connectivity index (χ0) is 16.2. The van der Waals surface area contributed by atoms with Gasteiger partial charge in [0, 0.05) is 57.9 Å². The summed E-state index contributed by atoms with van der Waals surface area (Å²) in [5.41, 5.74) is 1.46. The molecule has 26 heavy (non-hydrogen) atoms. The second-order valence-corrected chi connectivity index (χ2v) is 7.61. The Hall–Kier alpha value is -0.690. The summed E-state index contributed by atoms with van der Waals surface area (Å²) >= 11 is 0. The Morgan fingerprint density at radius 3 is 2.19 bits per heavy atom. The van der Waals surface area contributed by atoms with Crippen molar-refractivity contribution in [2.75, 3.05) is 52.5 Å². The van der Waals surface area contributed by atoms with E-state index in [1.54, 1.807) is 0 Å². The highest BCUT2D eigenvalue weighted by atomic mass is 35.5. The first kappa shape index (κ1) is 21.6. The maximum atomic E-state index is 5.47. The molecular weight excluding hydrogens is 350 g/mol. The van der Waals surface area contributed by atoms with Gasteiger partial charge >= 0.3 is 0 Å². The molecule has 0 spiro atoms. The van der Waals surface area contributed by atoms with Crippen LogP contribution in [0.5, 0.6) is 0 Å². The Labute approximate surface area is 164 Å². The van der Waals surface area contributed by atoms with Crippen molar-refractivity contribution in [2.24, 2.45) is 0 Å². The van der Waals surface area contributed by atoms with Crippen molar-refractivity contribution in [3.05, 3.63) is 35.9 Å². The van der Waals surface area contributed by atoms with Crippen LogP contribution < -0.4 is 0 Å². The number of ether oxygens (including phenoxy) is 1. The fourth-order valence-corrected chi connectivity index (χ4v) is 4.70. The standard InChI is InChI=1S/C20H31N3O.ClH.H2O/c1-2-5-18(6-3-1)15-22-16-19-7-4-8-20(17-22)23(19)10-9-21-11-13-24-14-12-21;;/h1-3,5-6,19-20H,4,7-17H2;1H;1H2. The molecule has 0 radical (unpaired) electrons. The van der Waals surface area contributed by atoms with Gasteiger partial charge in [-0.1, -0.05) is 36.8 Å². The zero-order valence-corrected chi connectivity index (χ0v) is 16.5. The predicted molar refractivity (Wildman–Crippen MR) is 108 cm³/mol. The Morgan fingerprint density at radius 2 is 1.54 bits per heavy atom. The van der Waals surface area contributed by atoms with E-state index >= 15 is 0 Å². The molecule has 3 saturated heterocycles. The summed E-state index contributed by atoms with van der Waals surface area (Å²) in [5.74, 6) is 0. The van der Waals surface area contributed by atoms with Gasteiger partial charge in [0.2, 0.25) is 0 Å². The van der Waals surface area contributed by atoms with Gasteiger partial charge in [-0.3, -0.25) is 14.7 Å². The van der Waals surface area contributed by atoms with Gasteiger partial charge in [0.25, 0.3) is 0 Å². The highest BCUT2D eigenvalue weighted by Gasteiger charge is 2.37. The third kappa shape index (κ3) is 5.41. The number of halogens is 1. The molecule has 6 heteroatoms. The number of nitrogens with zero attached hydrogens (tertiary/aromatic N) is 3. The maximum Gasteiger partial charge on any atom is 0.0594 e. The van der Waals surface area contributed by atoms with Gasteiger partial charge in [0.1, 0.15) is 0 Å². The molecule has 2 bridgehead atoms. The lowest BCUT2D eigenvalue weighted by atomic mass is 9.91. The van der Waals surface area contributed by atoms with E-state index in [-0.39, 0.29) is 17.9 Å². The Bertz CT molecular complexity index is 499. The van der Waals surface area contributed by atoms with Crippen LogP contribution in [-0.4, -0.2) is 84.7 Å². The van der Waals surface area contributed by atoms with Crippen molar-refractivity contribution >= 4 is 12.4 Å². The lowest BCUT2D eigenvalue weighted by molar-refractivity contribution is -0.0250. The van der Waals surface area contributed by atoms with Crippen molar-refractivity contribution in [3.8, 4) is 0 Å². The number of piperidine rings is 1. The van der Waals surface area contributed by atoms with Gasteiger partial charge in [-0.2, -0.15) is 0 Å². The van der Waals surface area contributed by atoms with Gasteiger partial charge in [0.15, 0.2) is 0 Å². The molecule has 0 amide bonds. The molecule has 2 unspecified atom stereocenters. The number of rotatable bonds is 5. The van der Waals surface area contributed by atoms with Crippen LogP contribution in [0.15, 0.2) is 30.3 Å². The highest BCUT2D eigenvalue weighted by molar-refractivity contribution is 5.85. The summed E-state index contributed by atoms with van der Waals surface area (Å²) < 4.78 is 5.47. The topological polar surface area (TPSA) is 50.5 Å². The Kier molecular flexibility index (Phi) is 8.80. The van der Waals surface area contributed by atoms with Gasteiger partial charge < -0.3 is 10.2 Å². The fraction of sp³-hybridized carbons (Fsp3) is 0.700. The number of likely N-dealkylation sites (tertiary alicyclic amines) is 1. The Balaban J connectivity index is 0.00000121. The van der Waals surface area contributed by atoms with E-state index < -0.39 is 0 Å². The van der Waals surface area contributed by atoms with Gasteiger partial charge in [-0.25, -0.2) is 0 Å². The highest BCUT2D eigenvalue weighted by Crippen LogP contribution is 2.29. The van der Waals surface area contributed by atoms with Crippen molar-refractivity contribution in [2.45, 2.75) is 37.9 Å². The minimum atomic E-state index is 0. The van der Waals surface area contributed by atoms with E-state index in [9.17, 15) is 0 Å².